The second kappa shape index (κ2) is 9.00. The van der Waals surface area contributed by atoms with E-state index < -0.39 is 13.5 Å². The predicted octanol–water partition coefficient (Wildman–Crippen LogP) is 5.01. The third-order valence-corrected chi connectivity index (χ3v) is 9.39. The maximum absolute atomic E-state index is 14.8. The van der Waals surface area contributed by atoms with Crippen LogP contribution < -0.4 is 19.6 Å². The van der Waals surface area contributed by atoms with Crippen molar-refractivity contribution in [1.29, 1.82) is 0 Å². The number of rotatable bonds is 5. The molecule has 166 valence electrons. The molecule has 0 N–H and O–H groups in total. The van der Waals surface area contributed by atoms with Crippen LogP contribution in [0.2, 0.25) is 10.0 Å². The van der Waals surface area contributed by atoms with Crippen LogP contribution in [0.5, 0.6) is 5.75 Å². The van der Waals surface area contributed by atoms with Gasteiger partial charge in [-0.05, 0) is 44.2 Å². The number of hydrogen-bond donors (Lipinski definition) is 0. The fraction of sp³-hybridized carbons (Fsp3) is 0.381. The lowest BCUT2D eigenvalue weighted by Gasteiger charge is -2.43. The van der Waals surface area contributed by atoms with Crippen molar-refractivity contribution in [2.45, 2.75) is 13.8 Å². The smallest absolute Gasteiger partial charge is 0.409 e. The molecular formula is C21H24Cl2N3O4P. The third kappa shape index (κ3) is 3.94. The lowest BCUT2D eigenvalue weighted by molar-refractivity contribution is 0.0723. The molecule has 2 aliphatic rings. The number of nitrogens with zero attached hydrogens (tertiary/aromatic N) is 3. The van der Waals surface area contributed by atoms with E-state index in [9.17, 15) is 9.36 Å². The topological polar surface area (TPSA) is 62.3 Å². The maximum Gasteiger partial charge on any atom is 0.426 e. The Morgan fingerprint density at radius 2 is 1.74 bits per heavy atom. The maximum atomic E-state index is 14.8. The third-order valence-electron chi connectivity index (χ3n) is 5.55. The van der Waals surface area contributed by atoms with Crippen LogP contribution in [0.1, 0.15) is 13.8 Å². The Labute approximate surface area is 191 Å². The fourth-order valence-electron chi connectivity index (χ4n) is 3.95. The average Bonchev–Trinajstić information content (AvgIpc) is 2.77. The number of carbonyl (C=O) groups excluding carboxylic acids is 1. The molecule has 0 aromatic heterocycles. The lowest BCUT2D eigenvalue weighted by atomic mass is 10.2. The zero-order valence-electron chi connectivity index (χ0n) is 17.4. The van der Waals surface area contributed by atoms with Gasteiger partial charge in [0.15, 0.2) is 0 Å². The SMILES string of the molecule is CCN(CC)c1ccc2c(c1)OC(=O)N(c1ccc(Cl)c(Cl)c1)[P@@]2(=O)N1CCOCC1. The van der Waals surface area contributed by atoms with Gasteiger partial charge < -0.3 is 14.4 Å². The summed E-state index contributed by atoms with van der Waals surface area (Å²) < 4.78 is 29.0. The molecule has 10 heteroatoms. The summed E-state index contributed by atoms with van der Waals surface area (Å²) in [6.45, 7) is 7.44. The van der Waals surface area contributed by atoms with Crippen molar-refractivity contribution in [3.05, 3.63) is 46.4 Å². The van der Waals surface area contributed by atoms with E-state index >= 15 is 0 Å². The van der Waals surface area contributed by atoms with Crippen molar-refractivity contribution in [2.75, 3.05) is 49.0 Å². The van der Waals surface area contributed by atoms with Gasteiger partial charge in [-0.2, -0.15) is 0 Å². The van der Waals surface area contributed by atoms with Crippen LogP contribution in [0.3, 0.4) is 0 Å². The van der Waals surface area contributed by atoms with Gasteiger partial charge in [0, 0.05) is 37.9 Å². The molecular weight excluding hydrogens is 460 g/mol. The number of morpholine rings is 1. The number of amides is 1. The highest BCUT2D eigenvalue weighted by Crippen LogP contribution is 2.59. The van der Waals surface area contributed by atoms with Crippen LogP contribution in [0, 0.1) is 0 Å². The lowest BCUT2D eigenvalue weighted by Crippen LogP contribution is -2.49. The van der Waals surface area contributed by atoms with E-state index in [0.717, 1.165) is 18.8 Å². The van der Waals surface area contributed by atoms with Gasteiger partial charge in [0.2, 0.25) is 0 Å². The molecule has 31 heavy (non-hydrogen) atoms. The van der Waals surface area contributed by atoms with E-state index in [1.165, 1.54) is 10.7 Å². The van der Waals surface area contributed by atoms with Crippen LogP contribution in [0.4, 0.5) is 16.2 Å². The van der Waals surface area contributed by atoms with Gasteiger partial charge in [0.05, 0.1) is 34.3 Å². The molecule has 0 saturated carbocycles. The first-order valence-corrected chi connectivity index (χ1v) is 12.6. The van der Waals surface area contributed by atoms with Gasteiger partial charge in [-0.15, -0.1) is 0 Å². The van der Waals surface area contributed by atoms with Gasteiger partial charge in [0.1, 0.15) is 5.75 Å². The molecule has 0 radical (unpaired) electrons. The summed E-state index contributed by atoms with van der Waals surface area (Å²) in [6, 6.07) is 10.3. The highest BCUT2D eigenvalue weighted by atomic mass is 35.5. The Bertz CT molecular complexity index is 1040. The molecule has 2 aromatic rings. The van der Waals surface area contributed by atoms with Gasteiger partial charge in [-0.1, -0.05) is 23.2 Å². The Balaban J connectivity index is 1.88. The summed E-state index contributed by atoms with van der Waals surface area (Å²) in [7, 11) is -3.58. The van der Waals surface area contributed by atoms with Crippen molar-refractivity contribution in [3.63, 3.8) is 0 Å². The summed E-state index contributed by atoms with van der Waals surface area (Å²) in [5.74, 6) is 0.320. The molecule has 0 bridgehead atoms. The normalized spacial score (nSPS) is 21.5. The number of anilines is 2. The Hall–Kier alpha value is -1.76. The number of fused-ring (bicyclic) bond motifs is 1. The van der Waals surface area contributed by atoms with Crippen LogP contribution >= 0.6 is 30.6 Å². The number of halogens is 2. The van der Waals surface area contributed by atoms with Gasteiger partial charge in [0.25, 0.3) is 7.44 Å². The zero-order chi connectivity index (χ0) is 22.2. The molecule has 2 aromatic carbocycles. The number of carbonyl (C=O) groups is 1. The molecule has 0 spiro atoms. The van der Waals surface area contributed by atoms with Crippen molar-refractivity contribution >= 4 is 53.4 Å². The first-order valence-electron chi connectivity index (χ1n) is 10.2. The Morgan fingerprint density at radius 3 is 2.39 bits per heavy atom. The van der Waals surface area contributed by atoms with Crippen molar-refractivity contribution in [2.24, 2.45) is 0 Å². The highest BCUT2D eigenvalue weighted by Gasteiger charge is 2.49. The Morgan fingerprint density at radius 1 is 1.03 bits per heavy atom. The molecule has 2 aliphatic heterocycles. The quantitative estimate of drug-likeness (QED) is 0.557. The monoisotopic (exact) mass is 483 g/mol. The summed E-state index contributed by atoms with van der Waals surface area (Å²) in [5.41, 5.74) is 1.28. The summed E-state index contributed by atoms with van der Waals surface area (Å²) in [4.78, 5) is 15.4. The minimum Gasteiger partial charge on any atom is -0.409 e. The summed E-state index contributed by atoms with van der Waals surface area (Å²) >= 11 is 12.3. The number of benzene rings is 2. The van der Waals surface area contributed by atoms with Gasteiger partial charge in [-0.25, -0.2) is 14.1 Å². The molecule has 1 saturated heterocycles. The molecule has 4 rings (SSSR count). The fourth-order valence-corrected chi connectivity index (χ4v) is 7.09. The molecule has 1 fully saturated rings. The first kappa shape index (κ1) is 22.4. The van der Waals surface area contributed by atoms with Crippen LogP contribution in [0.15, 0.2) is 36.4 Å². The second-order valence-electron chi connectivity index (χ2n) is 7.21. The molecule has 2 heterocycles. The van der Waals surface area contributed by atoms with Crippen LogP contribution in [0.25, 0.3) is 0 Å². The van der Waals surface area contributed by atoms with E-state index in [-0.39, 0.29) is 5.02 Å². The predicted molar refractivity (Wildman–Crippen MR) is 125 cm³/mol. The Kier molecular flexibility index (Phi) is 6.52. The zero-order valence-corrected chi connectivity index (χ0v) is 19.8. The number of hydrogen-bond acceptors (Lipinski definition) is 5. The van der Waals surface area contributed by atoms with Crippen molar-refractivity contribution in [3.8, 4) is 5.75 Å². The molecule has 1 amide bonds. The summed E-state index contributed by atoms with van der Waals surface area (Å²) in [5, 5.41) is 1.10. The average molecular weight is 484 g/mol. The van der Waals surface area contributed by atoms with E-state index in [4.69, 9.17) is 32.7 Å². The van der Waals surface area contributed by atoms with E-state index in [1.807, 2.05) is 10.7 Å². The minimum atomic E-state index is -3.58. The highest BCUT2D eigenvalue weighted by molar-refractivity contribution is 7.72. The number of ether oxygens (including phenoxy) is 2. The molecule has 1 atom stereocenters. The van der Waals surface area contributed by atoms with Gasteiger partial charge in [-0.3, -0.25) is 4.57 Å². The standard InChI is InChI=1S/C21H24Cl2N3O4P/c1-3-24(4-2)15-6-8-20-19(14-15)30-21(27)26(16-5-7-17(22)18(23)13-16)31(20,28)25-9-11-29-12-10-25/h5-8,13-14H,3-4,9-12H2,1-2H3/t31-/m0/s1. The molecule has 0 aliphatic carbocycles. The van der Waals surface area contributed by atoms with E-state index in [1.54, 1.807) is 24.3 Å². The largest absolute Gasteiger partial charge is 0.426 e. The van der Waals surface area contributed by atoms with E-state index in [2.05, 4.69) is 18.7 Å². The first-order chi connectivity index (χ1) is 14.9. The minimum absolute atomic E-state index is 0.267. The van der Waals surface area contributed by atoms with Gasteiger partial charge >= 0.3 is 6.09 Å². The van der Waals surface area contributed by atoms with Crippen molar-refractivity contribution < 1.29 is 18.8 Å². The van der Waals surface area contributed by atoms with Crippen LogP contribution in [-0.2, 0) is 9.30 Å². The second-order valence-corrected chi connectivity index (χ2v) is 10.6. The molecule has 7 nitrogen and oxygen atoms in total. The van der Waals surface area contributed by atoms with E-state index in [0.29, 0.717) is 48.1 Å². The summed E-state index contributed by atoms with van der Waals surface area (Å²) in [6.07, 6.45) is -0.711. The van der Waals surface area contributed by atoms with Crippen LogP contribution in [-0.4, -0.2) is 50.2 Å². The van der Waals surface area contributed by atoms with Crippen molar-refractivity contribution in [1.82, 2.24) is 4.67 Å². The molecule has 0 unspecified atom stereocenters.